The normalized spacial score (nSPS) is 10.6. The lowest BCUT2D eigenvalue weighted by Crippen LogP contribution is -2.08. The van der Waals surface area contributed by atoms with E-state index >= 15 is 0 Å². The molecule has 1 rings (SSSR count). The third kappa shape index (κ3) is 6.17. The number of halogens is 1. The van der Waals surface area contributed by atoms with Gasteiger partial charge in [0, 0.05) is 32.2 Å². The topological polar surface area (TPSA) is 47.0 Å². The Morgan fingerprint density at radius 1 is 1.22 bits per heavy atom. The second-order valence-electron chi connectivity index (χ2n) is 4.13. The van der Waals surface area contributed by atoms with Crippen molar-refractivity contribution in [3.63, 3.8) is 0 Å². The van der Waals surface area contributed by atoms with Crippen LogP contribution in [-0.4, -0.2) is 29.7 Å². The van der Waals surface area contributed by atoms with Crippen LogP contribution in [0, 0.1) is 0 Å². The smallest absolute Gasteiger partial charge is 0.134 e. The van der Waals surface area contributed by atoms with Crippen LogP contribution in [0.15, 0.2) is 6.07 Å². The van der Waals surface area contributed by atoms with Crippen LogP contribution in [0.3, 0.4) is 0 Å². The lowest BCUT2D eigenvalue weighted by molar-refractivity contribution is 0.134. The maximum Gasteiger partial charge on any atom is 0.134 e. The van der Waals surface area contributed by atoms with Gasteiger partial charge in [-0.15, -0.1) is 0 Å². The lowest BCUT2D eigenvalue weighted by Gasteiger charge is -2.07. The summed E-state index contributed by atoms with van der Waals surface area (Å²) in [5, 5.41) is 3.74. The van der Waals surface area contributed by atoms with E-state index in [4.69, 9.17) is 16.3 Å². The highest BCUT2D eigenvalue weighted by Crippen LogP contribution is 2.12. The van der Waals surface area contributed by atoms with Gasteiger partial charge in [0.25, 0.3) is 0 Å². The maximum atomic E-state index is 5.95. The van der Waals surface area contributed by atoms with E-state index in [-0.39, 0.29) is 0 Å². The SMILES string of the molecule is CCCOCCCNc1cc(Cl)nc(CCC)n1. The van der Waals surface area contributed by atoms with Crippen molar-refractivity contribution >= 4 is 17.4 Å². The first-order chi connectivity index (χ1) is 8.76. The number of hydrogen-bond acceptors (Lipinski definition) is 4. The molecular weight excluding hydrogens is 250 g/mol. The summed E-state index contributed by atoms with van der Waals surface area (Å²) in [7, 11) is 0. The molecule has 0 aliphatic heterocycles. The largest absolute Gasteiger partial charge is 0.381 e. The molecular formula is C13H22ClN3O. The van der Waals surface area contributed by atoms with Crippen LogP contribution in [-0.2, 0) is 11.2 Å². The minimum Gasteiger partial charge on any atom is -0.381 e. The van der Waals surface area contributed by atoms with Crippen molar-refractivity contribution in [3.8, 4) is 0 Å². The van der Waals surface area contributed by atoms with E-state index in [1.807, 2.05) is 0 Å². The maximum absolute atomic E-state index is 5.95. The zero-order chi connectivity index (χ0) is 13.2. The number of aromatic nitrogens is 2. The van der Waals surface area contributed by atoms with E-state index in [9.17, 15) is 0 Å². The molecule has 0 fully saturated rings. The molecule has 102 valence electrons. The highest BCUT2D eigenvalue weighted by molar-refractivity contribution is 6.29. The molecule has 5 heteroatoms. The first-order valence-electron chi connectivity index (χ1n) is 6.61. The van der Waals surface area contributed by atoms with E-state index in [1.54, 1.807) is 6.07 Å². The Hall–Kier alpha value is -0.870. The van der Waals surface area contributed by atoms with Gasteiger partial charge in [0.15, 0.2) is 0 Å². The molecule has 0 aromatic carbocycles. The fourth-order valence-electron chi connectivity index (χ4n) is 1.53. The van der Waals surface area contributed by atoms with E-state index < -0.39 is 0 Å². The van der Waals surface area contributed by atoms with Crippen LogP contribution in [0.25, 0.3) is 0 Å². The number of nitrogens with zero attached hydrogens (tertiary/aromatic N) is 2. The van der Waals surface area contributed by atoms with Gasteiger partial charge in [-0.2, -0.15) is 0 Å². The molecule has 0 atom stereocenters. The molecule has 1 heterocycles. The molecule has 0 bridgehead atoms. The molecule has 1 aromatic rings. The molecule has 4 nitrogen and oxygen atoms in total. The minimum absolute atomic E-state index is 0.498. The van der Waals surface area contributed by atoms with E-state index in [0.717, 1.165) is 57.1 Å². The summed E-state index contributed by atoms with van der Waals surface area (Å²) in [5.74, 6) is 1.60. The van der Waals surface area contributed by atoms with Gasteiger partial charge >= 0.3 is 0 Å². The molecule has 0 saturated carbocycles. The summed E-state index contributed by atoms with van der Waals surface area (Å²) in [5.41, 5.74) is 0. The Morgan fingerprint density at radius 3 is 2.78 bits per heavy atom. The highest BCUT2D eigenvalue weighted by atomic mass is 35.5. The van der Waals surface area contributed by atoms with Gasteiger partial charge in [-0.05, 0) is 19.3 Å². The monoisotopic (exact) mass is 271 g/mol. The fourth-order valence-corrected chi connectivity index (χ4v) is 1.73. The minimum atomic E-state index is 0.498. The third-order valence-electron chi connectivity index (χ3n) is 2.33. The Kier molecular flexibility index (Phi) is 7.69. The van der Waals surface area contributed by atoms with E-state index in [0.29, 0.717) is 5.15 Å². The van der Waals surface area contributed by atoms with E-state index in [1.165, 1.54) is 0 Å². The average molecular weight is 272 g/mol. The molecule has 0 spiro atoms. The highest BCUT2D eigenvalue weighted by Gasteiger charge is 2.02. The second-order valence-corrected chi connectivity index (χ2v) is 4.52. The molecule has 0 amide bonds. The van der Waals surface area contributed by atoms with Gasteiger partial charge in [-0.25, -0.2) is 9.97 Å². The van der Waals surface area contributed by atoms with E-state index in [2.05, 4.69) is 29.1 Å². The summed E-state index contributed by atoms with van der Waals surface area (Å²) in [6, 6.07) is 1.76. The van der Waals surface area contributed by atoms with Gasteiger partial charge < -0.3 is 10.1 Å². The fraction of sp³-hybridized carbons (Fsp3) is 0.692. The van der Waals surface area contributed by atoms with Crippen molar-refractivity contribution < 1.29 is 4.74 Å². The molecule has 1 N–H and O–H groups in total. The Balaban J connectivity index is 2.32. The number of rotatable bonds is 9. The van der Waals surface area contributed by atoms with Crippen molar-refractivity contribution in [3.05, 3.63) is 17.0 Å². The van der Waals surface area contributed by atoms with Crippen molar-refractivity contribution in [2.24, 2.45) is 0 Å². The van der Waals surface area contributed by atoms with Crippen molar-refractivity contribution in [1.29, 1.82) is 0 Å². The molecule has 18 heavy (non-hydrogen) atoms. The summed E-state index contributed by atoms with van der Waals surface area (Å²) in [4.78, 5) is 8.59. The predicted molar refractivity (Wildman–Crippen MR) is 75.3 cm³/mol. The molecule has 0 radical (unpaired) electrons. The van der Waals surface area contributed by atoms with Crippen molar-refractivity contribution in [2.45, 2.75) is 39.5 Å². The molecule has 1 aromatic heterocycles. The zero-order valence-corrected chi connectivity index (χ0v) is 12.0. The second kappa shape index (κ2) is 9.11. The van der Waals surface area contributed by atoms with Crippen molar-refractivity contribution in [1.82, 2.24) is 9.97 Å². The van der Waals surface area contributed by atoms with Crippen LogP contribution in [0.5, 0.6) is 0 Å². The molecule has 0 aliphatic carbocycles. The zero-order valence-electron chi connectivity index (χ0n) is 11.2. The molecule has 0 saturated heterocycles. The Bertz CT molecular complexity index is 347. The lowest BCUT2D eigenvalue weighted by atomic mass is 10.3. The molecule has 0 aliphatic rings. The first kappa shape index (κ1) is 15.2. The van der Waals surface area contributed by atoms with Crippen LogP contribution in [0.2, 0.25) is 5.15 Å². The predicted octanol–water partition coefficient (Wildman–Crippen LogP) is 3.31. The summed E-state index contributed by atoms with van der Waals surface area (Å²) in [6.45, 7) is 6.66. The Labute approximate surface area is 114 Å². The summed E-state index contributed by atoms with van der Waals surface area (Å²) < 4.78 is 5.41. The summed E-state index contributed by atoms with van der Waals surface area (Å²) >= 11 is 5.95. The summed E-state index contributed by atoms with van der Waals surface area (Å²) in [6.07, 6.45) is 3.90. The van der Waals surface area contributed by atoms with Crippen molar-refractivity contribution in [2.75, 3.05) is 25.1 Å². The molecule has 0 unspecified atom stereocenters. The number of anilines is 1. The number of aryl methyl sites for hydroxylation is 1. The Morgan fingerprint density at radius 2 is 2.06 bits per heavy atom. The van der Waals surface area contributed by atoms with Gasteiger partial charge in [-0.3, -0.25) is 0 Å². The number of ether oxygens (including phenoxy) is 1. The van der Waals surface area contributed by atoms with Crippen LogP contribution in [0.4, 0.5) is 5.82 Å². The first-order valence-corrected chi connectivity index (χ1v) is 6.99. The quantitative estimate of drug-likeness (QED) is 0.553. The van der Waals surface area contributed by atoms with Crippen LogP contribution < -0.4 is 5.32 Å². The van der Waals surface area contributed by atoms with Gasteiger partial charge in [0.05, 0.1) is 0 Å². The van der Waals surface area contributed by atoms with Crippen LogP contribution >= 0.6 is 11.6 Å². The van der Waals surface area contributed by atoms with Crippen LogP contribution in [0.1, 0.15) is 38.9 Å². The van der Waals surface area contributed by atoms with Gasteiger partial charge in [-0.1, -0.05) is 25.4 Å². The van der Waals surface area contributed by atoms with Gasteiger partial charge in [0.1, 0.15) is 16.8 Å². The third-order valence-corrected chi connectivity index (χ3v) is 2.53. The average Bonchev–Trinajstić information content (AvgIpc) is 2.33. The van der Waals surface area contributed by atoms with Gasteiger partial charge in [0.2, 0.25) is 0 Å². The number of nitrogens with one attached hydrogen (secondary N) is 1. The number of hydrogen-bond donors (Lipinski definition) is 1. The standard InChI is InChI=1S/C13H22ClN3O/c1-3-6-12-16-11(14)10-13(17-12)15-7-5-9-18-8-4-2/h10H,3-9H2,1-2H3,(H,15,16,17).